The number of rotatable bonds is 0. The molecule has 1 saturated heterocycles. The van der Waals surface area contributed by atoms with Crippen molar-refractivity contribution in [2.75, 3.05) is 6.54 Å². The fourth-order valence-corrected chi connectivity index (χ4v) is 2.05. The minimum absolute atomic E-state index is 0.193. The summed E-state index contributed by atoms with van der Waals surface area (Å²) in [6, 6.07) is 0. The minimum Gasteiger partial charge on any atom is -0.390 e. The van der Waals surface area contributed by atoms with E-state index in [-0.39, 0.29) is 5.54 Å². The molecule has 2 aliphatic rings. The van der Waals surface area contributed by atoms with Crippen LogP contribution in [0.2, 0.25) is 0 Å². The number of β-amino-alcohol motifs (C(OH)–C–C–N with tert-alkyl or cyclic N) is 1. The Morgan fingerprint density at radius 2 is 1.91 bits per heavy atom. The van der Waals surface area contributed by atoms with Crippen molar-refractivity contribution in [3.05, 3.63) is 0 Å². The number of piperidine rings is 1. The van der Waals surface area contributed by atoms with Crippen molar-refractivity contribution in [2.24, 2.45) is 0 Å². The van der Waals surface area contributed by atoms with Crippen molar-refractivity contribution >= 4 is 0 Å². The molecular weight excluding hydrogens is 142 g/mol. The second-order valence-electron chi connectivity index (χ2n) is 3.85. The van der Waals surface area contributed by atoms with Crippen LogP contribution in [0.25, 0.3) is 0 Å². The predicted molar refractivity (Wildman–Crippen MR) is 41.2 cm³/mol. The summed E-state index contributed by atoms with van der Waals surface area (Å²) in [6.45, 7) is 0.557. The van der Waals surface area contributed by atoms with Gasteiger partial charge in [0.1, 0.15) is 0 Å². The van der Waals surface area contributed by atoms with Crippen LogP contribution in [0.15, 0.2) is 0 Å². The van der Waals surface area contributed by atoms with Crippen LogP contribution < -0.4 is 5.32 Å². The summed E-state index contributed by atoms with van der Waals surface area (Å²) in [4.78, 5) is 0. The highest BCUT2D eigenvalue weighted by atomic mass is 16.3. The molecule has 0 aromatic carbocycles. The molecule has 0 bridgehead atoms. The van der Waals surface area contributed by atoms with E-state index < -0.39 is 12.2 Å². The van der Waals surface area contributed by atoms with Crippen molar-refractivity contribution in [3.63, 3.8) is 0 Å². The molecule has 64 valence electrons. The van der Waals surface area contributed by atoms with E-state index in [0.29, 0.717) is 6.54 Å². The lowest BCUT2D eigenvalue weighted by Gasteiger charge is -2.48. The average molecular weight is 157 g/mol. The average Bonchev–Trinajstić information content (AvgIpc) is 1.92. The van der Waals surface area contributed by atoms with Gasteiger partial charge in [0.15, 0.2) is 0 Å². The monoisotopic (exact) mass is 157 g/mol. The van der Waals surface area contributed by atoms with Gasteiger partial charge in [-0.15, -0.1) is 0 Å². The van der Waals surface area contributed by atoms with E-state index in [2.05, 4.69) is 5.32 Å². The topological polar surface area (TPSA) is 52.5 Å². The van der Waals surface area contributed by atoms with E-state index in [1.165, 1.54) is 6.42 Å². The first-order chi connectivity index (χ1) is 5.22. The molecule has 2 atom stereocenters. The highest BCUT2D eigenvalue weighted by Gasteiger charge is 2.43. The Balaban J connectivity index is 1.97. The van der Waals surface area contributed by atoms with Gasteiger partial charge in [-0.1, -0.05) is 0 Å². The highest BCUT2D eigenvalue weighted by molar-refractivity contribution is 5.02. The predicted octanol–water partition coefficient (Wildman–Crippen LogP) is -0.376. The van der Waals surface area contributed by atoms with Crippen LogP contribution in [0.4, 0.5) is 0 Å². The van der Waals surface area contributed by atoms with Crippen molar-refractivity contribution in [3.8, 4) is 0 Å². The summed E-state index contributed by atoms with van der Waals surface area (Å²) in [5.74, 6) is 0. The second kappa shape index (κ2) is 2.44. The van der Waals surface area contributed by atoms with E-state index in [9.17, 15) is 10.2 Å². The number of nitrogens with one attached hydrogen (secondary N) is 1. The lowest BCUT2D eigenvalue weighted by atomic mass is 9.70. The minimum atomic E-state index is -0.554. The maximum absolute atomic E-state index is 9.39. The van der Waals surface area contributed by atoms with Crippen LogP contribution in [0.5, 0.6) is 0 Å². The molecule has 0 radical (unpaired) electrons. The van der Waals surface area contributed by atoms with E-state index in [1.807, 2.05) is 0 Å². The molecule has 2 rings (SSSR count). The summed E-state index contributed by atoms with van der Waals surface area (Å²) in [5, 5.41) is 21.9. The zero-order valence-corrected chi connectivity index (χ0v) is 6.58. The first kappa shape index (κ1) is 7.53. The van der Waals surface area contributed by atoms with Crippen molar-refractivity contribution in [1.29, 1.82) is 0 Å². The molecule has 0 amide bonds. The first-order valence-electron chi connectivity index (χ1n) is 4.33. The summed E-state index contributed by atoms with van der Waals surface area (Å²) < 4.78 is 0. The van der Waals surface area contributed by atoms with Gasteiger partial charge in [-0.2, -0.15) is 0 Å². The van der Waals surface area contributed by atoms with E-state index in [1.54, 1.807) is 0 Å². The number of aliphatic hydroxyl groups is 2. The molecule has 0 aromatic heterocycles. The maximum atomic E-state index is 9.39. The molecule has 2 fully saturated rings. The zero-order valence-electron chi connectivity index (χ0n) is 6.58. The lowest BCUT2D eigenvalue weighted by molar-refractivity contribution is -0.0514. The van der Waals surface area contributed by atoms with Gasteiger partial charge in [-0.05, 0) is 25.7 Å². The quantitative estimate of drug-likeness (QED) is 0.449. The van der Waals surface area contributed by atoms with Crippen molar-refractivity contribution in [2.45, 2.75) is 43.4 Å². The van der Waals surface area contributed by atoms with Crippen LogP contribution in [0.3, 0.4) is 0 Å². The van der Waals surface area contributed by atoms with Gasteiger partial charge in [0.2, 0.25) is 0 Å². The first-order valence-corrected chi connectivity index (χ1v) is 4.33. The summed E-state index contributed by atoms with van der Waals surface area (Å²) in [6.07, 6.45) is 3.26. The Morgan fingerprint density at radius 1 is 1.18 bits per heavy atom. The number of hydrogen-bond acceptors (Lipinski definition) is 3. The summed E-state index contributed by atoms with van der Waals surface area (Å²) in [7, 11) is 0. The van der Waals surface area contributed by atoms with Crippen LogP contribution in [-0.4, -0.2) is 34.5 Å². The van der Waals surface area contributed by atoms with Crippen molar-refractivity contribution in [1.82, 2.24) is 5.32 Å². The molecule has 0 aromatic rings. The van der Waals surface area contributed by atoms with Crippen LogP contribution in [0.1, 0.15) is 25.7 Å². The van der Waals surface area contributed by atoms with Crippen LogP contribution in [-0.2, 0) is 0 Å². The third kappa shape index (κ3) is 1.17. The Kier molecular flexibility index (Phi) is 1.67. The Hall–Kier alpha value is -0.120. The van der Waals surface area contributed by atoms with E-state index >= 15 is 0 Å². The van der Waals surface area contributed by atoms with Gasteiger partial charge in [-0.25, -0.2) is 0 Å². The Morgan fingerprint density at radius 3 is 2.36 bits per heavy atom. The fraction of sp³-hybridized carbons (Fsp3) is 1.00. The number of aliphatic hydroxyl groups excluding tert-OH is 2. The maximum Gasteiger partial charge on any atom is 0.0923 e. The van der Waals surface area contributed by atoms with Gasteiger partial charge in [0.05, 0.1) is 12.2 Å². The smallest absolute Gasteiger partial charge is 0.0923 e. The van der Waals surface area contributed by atoms with E-state index in [0.717, 1.165) is 19.3 Å². The van der Waals surface area contributed by atoms with Gasteiger partial charge in [-0.3, -0.25) is 0 Å². The molecule has 1 saturated carbocycles. The Labute approximate surface area is 66.4 Å². The third-order valence-electron chi connectivity index (χ3n) is 3.04. The van der Waals surface area contributed by atoms with Gasteiger partial charge in [0.25, 0.3) is 0 Å². The molecule has 1 aliphatic carbocycles. The standard InChI is InChI=1S/C8H15NO2/c10-6-4-8(2-1-3-8)9-5-7(6)11/h6-7,9-11H,1-5H2/t6-,7+/m1/s1. The SMILES string of the molecule is O[C@@H]1CC2(CCC2)NC[C@@H]1O. The molecule has 3 heteroatoms. The molecular formula is C8H15NO2. The zero-order chi connectivity index (χ0) is 7.90. The molecule has 1 spiro atoms. The largest absolute Gasteiger partial charge is 0.390 e. The third-order valence-corrected chi connectivity index (χ3v) is 3.04. The van der Waals surface area contributed by atoms with Gasteiger partial charge in [0, 0.05) is 12.1 Å². The highest BCUT2D eigenvalue weighted by Crippen LogP contribution is 2.38. The van der Waals surface area contributed by atoms with Crippen LogP contribution in [0, 0.1) is 0 Å². The Bertz CT molecular complexity index is 156. The molecule has 1 aliphatic heterocycles. The molecule has 1 heterocycles. The van der Waals surface area contributed by atoms with Gasteiger partial charge < -0.3 is 15.5 Å². The summed E-state index contributed by atoms with van der Waals surface area (Å²) in [5.41, 5.74) is 0.193. The molecule has 0 unspecified atom stereocenters. The molecule has 11 heavy (non-hydrogen) atoms. The molecule has 3 nitrogen and oxygen atoms in total. The summed E-state index contributed by atoms with van der Waals surface area (Å²) >= 11 is 0. The number of hydrogen-bond donors (Lipinski definition) is 3. The fourth-order valence-electron chi connectivity index (χ4n) is 2.05. The normalized spacial score (nSPS) is 42.0. The molecule has 3 N–H and O–H groups in total. The van der Waals surface area contributed by atoms with E-state index in [4.69, 9.17) is 0 Å². The van der Waals surface area contributed by atoms with Crippen LogP contribution >= 0.6 is 0 Å². The second-order valence-corrected chi connectivity index (χ2v) is 3.85. The van der Waals surface area contributed by atoms with Crippen molar-refractivity contribution < 1.29 is 10.2 Å². The van der Waals surface area contributed by atoms with Gasteiger partial charge >= 0.3 is 0 Å². The lowest BCUT2D eigenvalue weighted by Crippen LogP contribution is -2.61.